The van der Waals surface area contributed by atoms with Crippen LogP contribution in [0.2, 0.25) is 0 Å². The number of anilines is 1. The third kappa shape index (κ3) is 9.22. The van der Waals surface area contributed by atoms with E-state index in [0.29, 0.717) is 36.3 Å². The maximum Gasteiger partial charge on any atom is 0.411 e. The number of sulfonamides is 1. The number of para-hydroxylation sites is 1. The van der Waals surface area contributed by atoms with Crippen molar-refractivity contribution < 1.29 is 37.1 Å². The van der Waals surface area contributed by atoms with Gasteiger partial charge in [-0.2, -0.15) is 0 Å². The summed E-state index contributed by atoms with van der Waals surface area (Å²) < 4.78 is 38.8. The Hall–Kier alpha value is -4.23. The summed E-state index contributed by atoms with van der Waals surface area (Å²) in [6.07, 6.45) is 7.20. The van der Waals surface area contributed by atoms with Crippen LogP contribution in [0, 0.1) is 17.8 Å². The lowest BCUT2D eigenvalue weighted by Gasteiger charge is -2.22. The van der Waals surface area contributed by atoms with Crippen molar-refractivity contribution in [3.8, 4) is 11.5 Å². The van der Waals surface area contributed by atoms with Gasteiger partial charge in [-0.1, -0.05) is 36.4 Å². The van der Waals surface area contributed by atoms with Crippen LogP contribution in [0.5, 0.6) is 11.5 Å². The van der Waals surface area contributed by atoms with E-state index < -0.39 is 56.7 Å². The number of ether oxygens (including phenoxy) is 2. The molecule has 0 bridgehead atoms. The molecule has 3 aliphatic rings. The lowest BCUT2D eigenvalue weighted by atomic mass is 9.96. The molecule has 3 fully saturated rings. The maximum atomic E-state index is 13.6. The van der Waals surface area contributed by atoms with Crippen LogP contribution in [0.4, 0.5) is 10.5 Å². The van der Waals surface area contributed by atoms with Crippen molar-refractivity contribution in [2.75, 3.05) is 26.0 Å². The number of rotatable bonds is 16. The zero-order chi connectivity index (χ0) is 34.3. The second-order valence-electron chi connectivity index (χ2n) is 13.1. The molecule has 0 aliphatic heterocycles. The van der Waals surface area contributed by atoms with E-state index in [1.165, 1.54) is 0 Å². The molecule has 3 N–H and O–H groups in total. The molecular formula is C35H44N4O8S. The first-order chi connectivity index (χ1) is 23.0. The molecule has 258 valence electrons. The number of hydrogen-bond donors (Lipinski definition) is 3. The van der Waals surface area contributed by atoms with Gasteiger partial charge in [0.05, 0.1) is 11.2 Å². The molecule has 5 atom stereocenters. The molecule has 2 aromatic carbocycles. The van der Waals surface area contributed by atoms with E-state index in [2.05, 4.69) is 20.3 Å². The Bertz CT molecular complexity index is 1610. The zero-order valence-corrected chi connectivity index (χ0v) is 28.1. The van der Waals surface area contributed by atoms with Gasteiger partial charge < -0.3 is 24.5 Å². The normalized spacial score (nSPS) is 25.0. The number of nitrogens with zero attached hydrogens (tertiary/aromatic N) is 1. The van der Waals surface area contributed by atoms with Gasteiger partial charge in [-0.15, -0.1) is 0 Å². The molecule has 0 saturated heterocycles. The van der Waals surface area contributed by atoms with Crippen molar-refractivity contribution in [2.45, 2.75) is 68.3 Å². The predicted molar refractivity (Wildman–Crippen MR) is 180 cm³/mol. The largest absolute Gasteiger partial charge is 0.457 e. The third-order valence-electron chi connectivity index (χ3n) is 8.97. The van der Waals surface area contributed by atoms with E-state index in [9.17, 15) is 27.6 Å². The molecule has 3 saturated carbocycles. The van der Waals surface area contributed by atoms with Crippen molar-refractivity contribution in [1.29, 1.82) is 0 Å². The molecule has 12 nitrogen and oxygen atoms in total. The first kappa shape index (κ1) is 35.1. The van der Waals surface area contributed by atoms with Crippen LogP contribution in [0.15, 0.2) is 66.7 Å². The van der Waals surface area contributed by atoms with Crippen LogP contribution >= 0.6 is 0 Å². The number of benzene rings is 2. The van der Waals surface area contributed by atoms with Crippen LogP contribution in [-0.4, -0.2) is 75.0 Å². The standard InChI is InChI=1S/C35H44N4O8S/c1-39(2)18-9-4-3-6-11-25-22-35(25,33(42)38-48(44,45)30-16-17-30)37-32(41)31-21-29(19-24(31)23-40)47-34(43)36-26-12-10-15-28(20-26)46-27-13-7-5-8-14-27/h5-8,10-15,20,23-25,29-31H,3-4,9,16-19,21-22H2,1-2H3,(H,36,43)(H,37,41)(H,38,42)/b11-6-/t24-,25+,29-,31+,35+/m0/s1. The molecule has 0 aromatic heterocycles. The fourth-order valence-corrected chi connectivity index (χ4v) is 7.42. The van der Waals surface area contributed by atoms with Gasteiger partial charge in [-0.3, -0.25) is 19.6 Å². The van der Waals surface area contributed by atoms with Gasteiger partial charge in [-0.25, -0.2) is 13.2 Å². The summed E-state index contributed by atoms with van der Waals surface area (Å²) in [7, 11) is 0.183. The van der Waals surface area contributed by atoms with E-state index in [-0.39, 0.29) is 25.2 Å². The average Bonchev–Trinajstić information content (AvgIpc) is 3.97. The fourth-order valence-electron chi connectivity index (χ4n) is 6.06. The summed E-state index contributed by atoms with van der Waals surface area (Å²) >= 11 is 0. The highest BCUT2D eigenvalue weighted by Crippen LogP contribution is 2.46. The Morgan fingerprint density at radius 3 is 2.46 bits per heavy atom. The van der Waals surface area contributed by atoms with E-state index in [4.69, 9.17) is 9.47 Å². The SMILES string of the molecule is CN(C)CCCC/C=C\[C@@H]1C[C@]1(NC(=O)[C@@H]1C[C@@H](OC(=O)Nc2cccc(Oc3ccccc3)c2)C[C@H]1C=O)C(=O)NS(=O)(=O)C1CC1. The Kier molecular flexibility index (Phi) is 11.2. The topological polar surface area (TPSA) is 160 Å². The van der Waals surface area contributed by atoms with Crippen LogP contribution < -0.4 is 20.1 Å². The number of allylic oxidation sites excluding steroid dienone is 1. The van der Waals surface area contributed by atoms with Crippen LogP contribution in [0.3, 0.4) is 0 Å². The highest BCUT2D eigenvalue weighted by atomic mass is 32.2. The number of unbranched alkanes of at least 4 members (excludes halogenated alkanes) is 2. The number of nitrogens with one attached hydrogen (secondary N) is 3. The van der Waals surface area contributed by atoms with Gasteiger partial charge in [-0.05, 0) is 96.3 Å². The number of carbonyl (C=O) groups excluding carboxylic acids is 4. The number of amides is 3. The number of hydrogen-bond acceptors (Lipinski definition) is 9. The van der Waals surface area contributed by atoms with Crippen LogP contribution in [-0.2, 0) is 29.1 Å². The molecule has 13 heteroatoms. The van der Waals surface area contributed by atoms with Crippen molar-refractivity contribution in [3.63, 3.8) is 0 Å². The van der Waals surface area contributed by atoms with Crippen LogP contribution in [0.1, 0.15) is 51.4 Å². The minimum Gasteiger partial charge on any atom is -0.457 e. The van der Waals surface area contributed by atoms with Gasteiger partial charge >= 0.3 is 6.09 Å². The number of aldehydes is 1. The summed E-state index contributed by atoms with van der Waals surface area (Å²) in [5, 5.41) is 4.87. The average molecular weight is 681 g/mol. The summed E-state index contributed by atoms with van der Waals surface area (Å²) in [5.74, 6) is -2.16. The van der Waals surface area contributed by atoms with Crippen molar-refractivity contribution in [3.05, 3.63) is 66.7 Å². The van der Waals surface area contributed by atoms with Gasteiger partial charge in [0.25, 0.3) is 5.91 Å². The molecule has 5 rings (SSSR count). The van der Waals surface area contributed by atoms with Gasteiger partial charge in [0.2, 0.25) is 15.9 Å². The van der Waals surface area contributed by atoms with Crippen molar-refractivity contribution >= 4 is 39.9 Å². The van der Waals surface area contributed by atoms with E-state index in [1.807, 2.05) is 56.6 Å². The van der Waals surface area contributed by atoms with E-state index in [0.717, 1.165) is 25.8 Å². The van der Waals surface area contributed by atoms with Gasteiger partial charge in [0.1, 0.15) is 29.4 Å². The third-order valence-corrected chi connectivity index (χ3v) is 10.8. The Labute approximate surface area is 281 Å². The maximum absolute atomic E-state index is 13.6. The molecule has 0 unspecified atom stereocenters. The Morgan fingerprint density at radius 1 is 1.00 bits per heavy atom. The minimum atomic E-state index is -3.84. The Morgan fingerprint density at radius 2 is 1.75 bits per heavy atom. The molecule has 0 heterocycles. The fraction of sp³-hybridized carbons (Fsp3) is 0.486. The summed E-state index contributed by atoms with van der Waals surface area (Å²) in [5.41, 5.74) is -0.997. The quantitative estimate of drug-likeness (QED) is 0.133. The van der Waals surface area contributed by atoms with E-state index >= 15 is 0 Å². The van der Waals surface area contributed by atoms with Crippen molar-refractivity contribution in [2.24, 2.45) is 17.8 Å². The second-order valence-corrected chi connectivity index (χ2v) is 15.1. The summed E-state index contributed by atoms with van der Waals surface area (Å²) in [6, 6.07) is 16.0. The lowest BCUT2D eigenvalue weighted by molar-refractivity contribution is -0.133. The first-order valence-electron chi connectivity index (χ1n) is 16.4. The molecule has 3 amide bonds. The Balaban J connectivity index is 1.19. The van der Waals surface area contributed by atoms with Crippen molar-refractivity contribution in [1.82, 2.24) is 14.9 Å². The lowest BCUT2D eigenvalue weighted by Crippen LogP contribution is -2.54. The molecule has 0 spiro atoms. The molecule has 48 heavy (non-hydrogen) atoms. The molecule has 3 aliphatic carbocycles. The molecule has 2 aromatic rings. The summed E-state index contributed by atoms with van der Waals surface area (Å²) in [6.45, 7) is 0.960. The molecular weight excluding hydrogens is 636 g/mol. The van der Waals surface area contributed by atoms with Gasteiger partial charge in [0, 0.05) is 23.6 Å². The van der Waals surface area contributed by atoms with E-state index in [1.54, 1.807) is 24.3 Å². The first-order valence-corrected chi connectivity index (χ1v) is 18.0. The molecule has 0 radical (unpaired) electrons. The monoisotopic (exact) mass is 680 g/mol. The smallest absolute Gasteiger partial charge is 0.411 e. The summed E-state index contributed by atoms with van der Waals surface area (Å²) in [4.78, 5) is 54.0. The predicted octanol–water partition coefficient (Wildman–Crippen LogP) is 4.39. The number of carbonyl (C=O) groups is 4. The second kappa shape index (κ2) is 15.3. The van der Waals surface area contributed by atoms with Gasteiger partial charge in [0.15, 0.2) is 0 Å². The minimum absolute atomic E-state index is 0.0737. The van der Waals surface area contributed by atoms with Crippen LogP contribution in [0.25, 0.3) is 0 Å². The highest BCUT2D eigenvalue weighted by molar-refractivity contribution is 7.91. The highest BCUT2D eigenvalue weighted by Gasteiger charge is 2.62. The zero-order valence-electron chi connectivity index (χ0n) is 27.3.